The summed E-state index contributed by atoms with van der Waals surface area (Å²) in [5.41, 5.74) is 12.0. The van der Waals surface area contributed by atoms with E-state index >= 15 is 0 Å². The number of hydrogen-bond donors (Lipinski definition) is 1. The van der Waals surface area contributed by atoms with Crippen LogP contribution in [0.4, 0.5) is 0 Å². The lowest BCUT2D eigenvalue weighted by Crippen LogP contribution is -2.31. The van der Waals surface area contributed by atoms with E-state index < -0.39 is 5.54 Å². The largest absolute Gasteiger partial charge is 0.462 e. The van der Waals surface area contributed by atoms with Crippen LogP contribution in [0.5, 0.6) is 11.6 Å². The molecule has 0 radical (unpaired) electrons. The van der Waals surface area contributed by atoms with Gasteiger partial charge < -0.3 is 19.9 Å². The third-order valence-electron chi connectivity index (χ3n) is 6.33. The van der Waals surface area contributed by atoms with Crippen LogP contribution in [0, 0.1) is 11.8 Å². The number of aliphatic imine (C=N–C) groups is 1. The molecule has 0 saturated heterocycles. The van der Waals surface area contributed by atoms with Crippen LogP contribution in [0.15, 0.2) is 60.0 Å². The predicted octanol–water partition coefficient (Wildman–Crippen LogP) is 4.01. The summed E-state index contributed by atoms with van der Waals surface area (Å²) in [4.78, 5) is 13.8. The smallest absolute Gasteiger partial charge is 0.283 e. The zero-order valence-corrected chi connectivity index (χ0v) is 18.7. The Balaban J connectivity index is 1.51. The summed E-state index contributed by atoms with van der Waals surface area (Å²) >= 11 is 0. The maximum atomic E-state index is 6.24. The van der Waals surface area contributed by atoms with Gasteiger partial charge in [0.05, 0.1) is 18.8 Å². The maximum absolute atomic E-state index is 6.24. The summed E-state index contributed by atoms with van der Waals surface area (Å²) in [5, 5.41) is 0. The first-order valence-corrected chi connectivity index (χ1v) is 11.1. The molecule has 0 aliphatic carbocycles. The third-order valence-corrected chi connectivity index (χ3v) is 6.33. The molecule has 5 heterocycles. The fourth-order valence-electron chi connectivity index (χ4n) is 4.68. The van der Waals surface area contributed by atoms with Gasteiger partial charge in [-0.2, -0.15) is 0 Å². The summed E-state index contributed by atoms with van der Waals surface area (Å²) in [6.07, 6.45) is 8.36. The van der Waals surface area contributed by atoms with E-state index in [9.17, 15) is 0 Å². The quantitative estimate of drug-likeness (QED) is 0.593. The van der Waals surface area contributed by atoms with Crippen LogP contribution < -0.4 is 10.5 Å². The highest BCUT2D eigenvalue weighted by molar-refractivity contribution is 5.78. The highest BCUT2D eigenvalue weighted by Crippen LogP contribution is 2.51. The molecule has 1 atom stereocenters. The maximum Gasteiger partial charge on any atom is 0.283 e. The van der Waals surface area contributed by atoms with Crippen molar-refractivity contribution in [2.24, 2.45) is 10.7 Å². The lowest BCUT2D eigenvalue weighted by Gasteiger charge is -2.33. The standard InChI is InChI=1S/C27H22N4O3/c1-2-3-17-10-20(14-29-13-17)19-4-5-24-22(11-19)27(16-33-26(28)31-27)23-12-21(15-30-25(23)34-24)18-6-8-32-9-7-18/h4-6,10-15H,7-9,16H2,1H3,(H2,28,31). The van der Waals surface area contributed by atoms with Gasteiger partial charge in [-0.25, -0.2) is 9.98 Å². The van der Waals surface area contributed by atoms with Crippen LogP contribution >= 0.6 is 0 Å². The number of fused-ring (bicyclic) bond motifs is 4. The Hall–Kier alpha value is -4.15. The highest BCUT2D eigenvalue weighted by atomic mass is 16.5. The number of hydrogen-bond acceptors (Lipinski definition) is 7. The number of aromatic nitrogens is 2. The molecular weight excluding hydrogens is 428 g/mol. The first kappa shape index (κ1) is 20.5. The molecule has 0 bridgehead atoms. The number of benzene rings is 1. The molecule has 7 nitrogen and oxygen atoms in total. The monoisotopic (exact) mass is 450 g/mol. The molecular formula is C27H22N4O3. The summed E-state index contributed by atoms with van der Waals surface area (Å²) in [6, 6.07) is 10.3. The minimum atomic E-state index is -0.841. The van der Waals surface area contributed by atoms with Crippen LogP contribution in [0.3, 0.4) is 0 Å². The van der Waals surface area contributed by atoms with Crippen LogP contribution in [-0.2, 0) is 15.0 Å². The second kappa shape index (κ2) is 8.01. The lowest BCUT2D eigenvalue weighted by molar-refractivity contribution is 0.161. The topological polar surface area (TPSA) is 91.9 Å². The van der Waals surface area contributed by atoms with Gasteiger partial charge in [0.15, 0.2) is 5.54 Å². The Morgan fingerprint density at radius 2 is 1.94 bits per heavy atom. The molecule has 3 aliphatic heterocycles. The summed E-state index contributed by atoms with van der Waals surface area (Å²) in [5.74, 6) is 7.19. The SMILES string of the molecule is CC#Cc1cncc(-c2ccc3c(c2)C2(COC(N)=N2)c2cc(C4=CCOCC4)cnc2O3)c1. The first-order valence-electron chi connectivity index (χ1n) is 11.1. The van der Waals surface area contributed by atoms with Gasteiger partial charge in [0.2, 0.25) is 5.88 Å². The Labute approximate surface area is 197 Å². The van der Waals surface area contributed by atoms with E-state index in [1.54, 1.807) is 6.20 Å². The zero-order valence-electron chi connectivity index (χ0n) is 18.7. The number of amidine groups is 1. The third kappa shape index (κ3) is 3.31. The molecule has 168 valence electrons. The van der Waals surface area contributed by atoms with E-state index in [1.807, 2.05) is 37.5 Å². The molecule has 3 aliphatic rings. The molecule has 0 amide bonds. The summed E-state index contributed by atoms with van der Waals surface area (Å²) < 4.78 is 17.4. The van der Waals surface area contributed by atoms with Gasteiger partial charge in [0.25, 0.3) is 6.02 Å². The van der Waals surface area contributed by atoms with Gasteiger partial charge in [-0.15, -0.1) is 5.92 Å². The van der Waals surface area contributed by atoms with Gasteiger partial charge in [0, 0.05) is 35.3 Å². The molecule has 3 aromatic rings. The average Bonchev–Trinajstić information content (AvgIpc) is 3.27. The number of nitrogens with zero attached hydrogens (tertiary/aromatic N) is 3. The van der Waals surface area contributed by atoms with Crippen molar-refractivity contribution in [1.82, 2.24) is 9.97 Å². The first-order chi connectivity index (χ1) is 16.7. The van der Waals surface area contributed by atoms with E-state index in [0.717, 1.165) is 39.8 Å². The van der Waals surface area contributed by atoms with Crippen molar-refractivity contribution in [2.75, 3.05) is 19.8 Å². The molecule has 0 saturated carbocycles. The van der Waals surface area contributed by atoms with Crippen LogP contribution in [-0.4, -0.2) is 35.8 Å². The number of nitrogens with two attached hydrogens (primary N) is 1. The fourth-order valence-corrected chi connectivity index (χ4v) is 4.68. The average molecular weight is 450 g/mol. The van der Waals surface area contributed by atoms with Gasteiger partial charge in [0.1, 0.15) is 12.4 Å². The van der Waals surface area contributed by atoms with E-state index in [-0.39, 0.29) is 12.6 Å². The van der Waals surface area contributed by atoms with E-state index in [0.29, 0.717) is 24.8 Å². The van der Waals surface area contributed by atoms with Crippen LogP contribution in [0.1, 0.15) is 35.6 Å². The van der Waals surface area contributed by atoms with Crippen molar-refractivity contribution in [2.45, 2.75) is 18.9 Å². The fraction of sp³-hybridized carbons (Fsp3) is 0.222. The molecule has 7 heteroatoms. The van der Waals surface area contributed by atoms with E-state index in [1.165, 1.54) is 5.57 Å². The molecule has 6 rings (SSSR count). The van der Waals surface area contributed by atoms with Crippen molar-refractivity contribution >= 4 is 11.6 Å². The van der Waals surface area contributed by atoms with Gasteiger partial charge in [-0.05, 0) is 54.3 Å². The van der Waals surface area contributed by atoms with E-state index in [2.05, 4.69) is 40.0 Å². The molecule has 1 spiro atoms. The Morgan fingerprint density at radius 1 is 1.03 bits per heavy atom. The zero-order chi connectivity index (χ0) is 23.1. The number of rotatable bonds is 2. The Kier molecular flexibility index (Phi) is 4.82. The normalized spacial score (nSPS) is 20.1. The molecule has 2 N–H and O–H groups in total. The Morgan fingerprint density at radius 3 is 2.74 bits per heavy atom. The number of ether oxygens (including phenoxy) is 3. The second-order valence-electron chi connectivity index (χ2n) is 8.38. The van der Waals surface area contributed by atoms with Crippen LogP contribution in [0.2, 0.25) is 0 Å². The van der Waals surface area contributed by atoms with E-state index in [4.69, 9.17) is 24.9 Å². The highest BCUT2D eigenvalue weighted by Gasteiger charge is 2.48. The predicted molar refractivity (Wildman–Crippen MR) is 128 cm³/mol. The minimum absolute atomic E-state index is 0.154. The van der Waals surface area contributed by atoms with Crippen molar-refractivity contribution in [1.29, 1.82) is 0 Å². The van der Waals surface area contributed by atoms with Crippen LogP contribution in [0.25, 0.3) is 16.7 Å². The molecule has 1 aromatic carbocycles. The molecule has 0 fully saturated rings. The van der Waals surface area contributed by atoms with Crippen molar-refractivity contribution in [3.8, 4) is 34.6 Å². The molecule has 1 unspecified atom stereocenters. The van der Waals surface area contributed by atoms with Crippen molar-refractivity contribution in [3.63, 3.8) is 0 Å². The number of pyridine rings is 2. The minimum Gasteiger partial charge on any atom is -0.462 e. The van der Waals surface area contributed by atoms with Crippen molar-refractivity contribution < 1.29 is 14.2 Å². The van der Waals surface area contributed by atoms with Crippen molar-refractivity contribution in [3.05, 3.63) is 77.3 Å². The molecule has 2 aromatic heterocycles. The second-order valence-corrected chi connectivity index (χ2v) is 8.38. The van der Waals surface area contributed by atoms with Gasteiger partial charge >= 0.3 is 0 Å². The Bertz CT molecular complexity index is 1430. The van der Waals surface area contributed by atoms with Gasteiger partial charge in [-0.1, -0.05) is 18.1 Å². The molecule has 34 heavy (non-hydrogen) atoms. The summed E-state index contributed by atoms with van der Waals surface area (Å²) in [7, 11) is 0. The van der Waals surface area contributed by atoms with Gasteiger partial charge in [-0.3, -0.25) is 4.98 Å². The lowest BCUT2D eigenvalue weighted by atomic mass is 9.80. The summed E-state index contributed by atoms with van der Waals surface area (Å²) in [6.45, 7) is 3.38.